The molecule has 0 unspecified atom stereocenters. The molecular weight excluding hydrogens is 284 g/mol. The summed E-state index contributed by atoms with van der Waals surface area (Å²) in [7, 11) is 0. The zero-order valence-corrected chi connectivity index (χ0v) is 11.5. The Labute approximate surface area is 120 Å². The van der Waals surface area contributed by atoms with E-state index >= 15 is 0 Å². The summed E-state index contributed by atoms with van der Waals surface area (Å²) in [6, 6.07) is 3.39. The molecule has 1 aliphatic heterocycles. The van der Waals surface area contributed by atoms with Crippen LogP contribution in [-0.2, 0) is 14.4 Å². The number of carbonyl (C=O) groups is 2. The van der Waals surface area contributed by atoms with Crippen molar-refractivity contribution >= 4 is 34.9 Å². The molecule has 0 atom stereocenters. The van der Waals surface area contributed by atoms with Gasteiger partial charge in [0.15, 0.2) is 5.71 Å². The van der Waals surface area contributed by atoms with Crippen LogP contribution in [0, 0.1) is 6.92 Å². The van der Waals surface area contributed by atoms with E-state index in [-0.39, 0.29) is 24.6 Å². The summed E-state index contributed by atoms with van der Waals surface area (Å²) in [5, 5.41) is 15.5. The Hall–Kier alpha value is -2.08. The minimum atomic E-state index is -0.893. The quantitative estimate of drug-likeness (QED) is 0.644. The smallest absolute Gasteiger partial charge is 0.303 e. The maximum atomic E-state index is 11.8. The summed E-state index contributed by atoms with van der Waals surface area (Å²) in [6.07, 6.45) is 0.336. The maximum absolute atomic E-state index is 11.8. The number of halogens is 1. The molecule has 0 aromatic heterocycles. The number of carboxylic acid groups (broad SMARTS) is 1. The maximum Gasteiger partial charge on any atom is 0.303 e. The van der Waals surface area contributed by atoms with Crippen molar-refractivity contribution in [1.82, 2.24) is 0 Å². The number of rotatable bonds is 5. The van der Waals surface area contributed by atoms with Gasteiger partial charge in [0.05, 0.1) is 5.69 Å². The zero-order chi connectivity index (χ0) is 14.7. The van der Waals surface area contributed by atoms with Gasteiger partial charge in [0.25, 0.3) is 5.91 Å². The first kappa shape index (κ1) is 14.3. The third kappa shape index (κ3) is 2.91. The van der Waals surface area contributed by atoms with E-state index in [0.717, 1.165) is 5.56 Å². The Bertz CT molecular complexity index is 598. The monoisotopic (exact) mass is 296 g/mol. The summed E-state index contributed by atoms with van der Waals surface area (Å²) in [5.41, 5.74) is 2.22. The number of amides is 1. The molecule has 1 aliphatic rings. The molecule has 0 radical (unpaired) electrons. The van der Waals surface area contributed by atoms with E-state index in [1.165, 1.54) is 0 Å². The molecule has 20 heavy (non-hydrogen) atoms. The number of hydrogen-bond donors (Lipinski definition) is 2. The average molecular weight is 297 g/mol. The predicted molar refractivity (Wildman–Crippen MR) is 74.2 cm³/mol. The Morgan fingerprint density at radius 3 is 2.95 bits per heavy atom. The second kappa shape index (κ2) is 5.92. The molecule has 1 heterocycles. The summed E-state index contributed by atoms with van der Waals surface area (Å²) < 4.78 is 0. The van der Waals surface area contributed by atoms with Crippen LogP contribution in [-0.4, -0.2) is 29.3 Å². The van der Waals surface area contributed by atoms with E-state index in [1.54, 1.807) is 19.1 Å². The molecule has 1 aromatic carbocycles. The third-order valence-electron chi connectivity index (χ3n) is 2.89. The van der Waals surface area contributed by atoms with E-state index in [1.807, 2.05) is 0 Å². The lowest BCUT2D eigenvalue weighted by Gasteiger charge is -2.04. The van der Waals surface area contributed by atoms with Crippen molar-refractivity contribution < 1.29 is 19.5 Å². The van der Waals surface area contributed by atoms with Crippen LogP contribution < -0.4 is 5.32 Å². The molecule has 0 aliphatic carbocycles. The highest BCUT2D eigenvalue weighted by Crippen LogP contribution is 2.32. The molecule has 2 N–H and O–H groups in total. The van der Waals surface area contributed by atoms with Gasteiger partial charge >= 0.3 is 5.97 Å². The Kier molecular flexibility index (Phi) is 4.24. The van der Waals surface area contributed by atoms with Crippen LogP contribution in [0.2, 0.25) is 5.02 Å². The number of nitrogens with zero attached hydrogens (tertiary/aromatic N) is 1. The van der Waals surface area contributed by atoms with E-state index < -0.39 is 5.97 Å². The topological polar surface area (TPSA) is 88.0 Å². The number of carbonyl (C=O) groups excluding carboxylic acids is 1. The van der Waals surface area contributed by atoms with Crippen LogP contribution in [0.4, 0.5) is 5.69 Å². The SMILES string of the molecule is Cc1c(Cl)ccc2c1NC(=O)C2=NOCCCC(=O)O. The molecule has 1 aromatic rings. The summed E-state index contributed by atoms with van der Waals surface area (Å²) in [4.78, 5) is 27.1. The fraction of sp³-hybridized carbons (Fsp3) is 0.308. The second-order valence-electron chi connectivity index (χ2n) is 4.32. The number of aliphatic carboxylic acids is 1. The molecule has 6 nitrogen and oxygen atoms in total. The number of oxime groups is 1. The minimum absolute atomic E-state index is 0.00233. The van der Waals surface area contributed by atoms with Crippen molar-refractivity contribution in [3.05, 3.63) is 28.3 Å². The van der Waals surface area contributed by atoms with Crippen molar-refractivity contribution in [2.75, 3.05) is 11.9 Å². The number of fused-ring (bicyclic) bond motifs is 1. The van der Waals surface area contributed by atoms with Gasteiger partial charge < -0.3 is 15.3 Å². The van der Waals surface area contributed by atoms with Crippen LogP contribution in [0.1, 0.15) is 24.0 Å². The number of nitrogens with one attached hydrogen (secondary N) is 1. The highest BCUT2D eigenvalue weighted by molar-refractivity contribution is 6.54. The number of carboxylic acids is 1. The second-order valence-corrected chi connectivity index (χ2v) is 4.73. The highest BCUT2D eigenvalue weighted by atomic mass is 35.5. The first-order valence-corrected chi connectivity index (χ1v) is 6.41. The summed E-state index contributed by atoms with van der Waals surface area (Å²) >= 11 is 5.98. The Morgan fingerprint density at radius 1 is 1.50 bits per heavy atom. The normalized spacial score (nSPS) is 15.1. The molecular formula is C13H13ClN2O4. The van der Waals surface area contributed by atoms with Gasteiger partial charge in [-0.25, -0.2) is 0 Å². The Morgan fingerprint density at radius 2 is 2.25 bits per heavy atom. The fourth-order valence-corrected chi connectivity index (χ4v) is 1.99. The number of benzene rings is 1. The van der Waals surface area contributed by atoms with Crippen molar-refractivity contribution in [1.29, 1.82) is 0 Å². The summed E-state index contributed by atoms with van der Waals surface area (Å²) in [6.45, 7) is 1.95. The van der Waals surface area contributed by atoms with Crippen molar-refractivity contribution in [2.24, 2.45) is 5.16 Å². The number of anilines is 1. The van der Waals surface area contributed by atoms with Gasteiger partial charge in [0, 0.05) is 17.0 Å². The van der Waals surface area contributed by atoms with Gasteiger partial charge in [0.1, 0.15) is 6.61 Å². The van der Waals surface area contributed by atoms with E-state index in [4.69, 9.17) is 21.5 Å². The largest absolute Gasteiger partial charge is 0.481 e. The van der Waals surface area contributed by atoms with Crippen LogP contribution in [0.3, 0.4) is 0 Å². The molecule has 1 amide bonds. The van der Waals surface area contributed by atoms with Crippen LogP contribution in [0.5, 0.6) is 0 Å². The molecule has 106 valence electrons. The standard InChI is InChI=1S/C13H13ClN2O4/c1-7-9(14)5-4-8-11(7)15-13(19)12(8)16-20-6-2-3-10(17)18/h4-5H,2-3,6H2,1H3,(H,17,18)(H,15,16,19). The van der Waals surface area contributed by atoms with Gasteiger partial charge in [-0.1, -0.05) is 16.8 Å². The predicted octanol–water partition coefficient (Wildman–Crippen LogP) is 2.19. The van der Waals surface area contributed by atoms with Crippen LogP contribution in [0.25, 0.3) is 0 Å². The van der Waals surface area contributed by atoms with Gasteiger partial charge in [-0.2, -0.15) is 0 Å². The average Bonchev–Trinajstić information content (AvgIpc) is 2.71. The van der Waals surface area contributed by atoms with E-state index in [9.17, 15) is 9.59 Å². The van der Waals surface area contributed by atoms with Gasteiger partial charge in [-0.3, -0.25) is 9.59 Å². The van der Waals surface area contributed by atoms with Crippen molar-refractivity contribution in [2.45, 2.75) is 19.8 Å². The first-order valence-electron chi connectivity index (χ1n) is 6.03. The minimum Gasteiger partial charge on any atom is -0.481 e. The lowest BCUT2D eigenvalue weighted by molar-refractivity contribution is -0.137. The molecule has 0 bridgehead atoms. The summed E-state index contributed by atoms with van der Waals surface area (Å²) in [5.74, 6) is -1.25. The number of hydrogen-bond acceptors (Lipinski definition) is 4. The van der Waals surface area contributed by atoms with E-state index in [0.29, 0.717) is 22.7 Å². The van der Waals surface area contributed by atoms with E-state index in [2.05, 4.69) is 10.5 Å². The van der Waals surface area contributed by atoms with Crippen LogP contribution >= 0.6 is 11.6 Å². The molecule has 0 fully saturated rings. The van der Waals surface area contributed by atoms with Gasteiger partial charge in [-0.05, 0) is 31.0 Å². The lowest BCUT2D eigenvalue weighted by Crippen LogP contribution is -2.15. The fourth-order valence-electron chi connectivity index (χ4n) is 1.83. The van der Waals surface area contributed by atoms with Crippen molar-refractivity contribution in [3.63, 3.8) is 0 Å². The molecule has 0 saturated carbocycles. The Balaban J connectivity index is 2.09. The van der Waals surface area contributed by atoms with Gasteiger partial charge in [-0.15, -0.1) is 0 Å². The third-order valence-corrected chi connectivity index (χ3v) is 3.30. The molecule has 7 heteroatoms. The highest BCUT2D eigenvalue weighted by Gasteiger charge is 2.28. The van der Waals surface area contributed by atoms with Crippen LogP contribution in [0.15, 0.2) is 17.3 Å². The molecule has 2 rings (SSSR count). The van der Waals surface area contributed by atoms with Crippen molar-refractivity contribution in [3.8, 4) is 0 Å². The zero-order valence-electron chi connectivity index (χ0n) is 10.8. The lowest BCUT2D eigenvalue weighted by atomic mass is 10.1. The molecule has 0 spiro atoms. The first-order chi connectivity index (χ1) is 9.50. The molecule has 0 saturated heterocycles. The van der Waals surface area contributed by atoms with Gasteiger partial charge in [0.2, 0.25) is 0 Å².